The van der Waals surface area contributed by atoms with Gasteiger partial charge in [-0.1, -0.05) is 207 Å². The quantitative estimate of drug-likeness (QED) is 0.0624. The summed E-state index contributed by atoms with van der Waals surface area (Å²) in [7, 11) is -2.99. The smallest absolute Gasteiger partial charge is 0.261 e. The van der Waals surface area contributed by atoms with Crippen LogP contribution in [0, 0.1) is 11.3 Å². The van der Waals surface area contributed by atoms with E-state index in [1.165, 1.54) is 10.4 Å². The molecule has 1 saturated heterocycles. The van der Waals surface area contributed by atoms with Gasteiger partial charge >= 0.3 is 0 Å². The first kappa shape index (κ1) is 39.4. The molecule has 0 N–H and O–H groups in total. The van der Waals surface area contributed by atoms with Crippen LogP contribution in [0.2, 0.25) is 5.04 Å². The van der Waals surface area contributed by atoms with Gasteiger partial charge in [0.25, 0.3) is 8.32 Å². The minimum absolute atomic E-state index is 0.174. The van der Waals surface area contributed by atoms with Gasteiger partial charge < -0.3 is 9.16 Å². The fourth-order valence-corrected chi connectivity index (χ4v) is 13.8. The lowest BCUT2D eigenvalue weighted by atomic mass is 9.65. The van der Waals surface area contributed by atoms with Gasteiger partial charge in [0.2, 0.25) is 0 Å². The van der Waals surface area contributed by atoms with Crippen molar-refractivity contribution in [1.82, 2.24) is 4.90 Å². The van der Waals surface area contributed by atoms with Gasteiger partial charge in [0, 0.05) is 23.0 Å². The lowest BCUT2D eigenvalue weighted by molar-refractivity contribution is -0.129. The molecular weight excluding hydrogens is 769 g/mol. The predicted molar refractivity (Wildman–Crippen MR) is 235 cm³/mol. The second-order valence-corrected chi connectivity index (χ2v) is 20.8. The molecule has 0 amide bonds. The SMILES string of the molecule is C=CCN1[C@@H](COC(c2ccccc2)(c2ccccc2)c2ccccc2)[C@@H](c2ccc(Br)cc2)[C@]1(C#N)CO[Si](c1ccccc1)(c1ccccc1)C(C)(C)C. The second-order valence-electron chi connectivity index (χ2n) is 15.6. The van der Waals surface area contributed by atoms with Crippen LogP contribution in [0.4, 0.5) is 0 Å². The molecule has 1 aliphatic rings. The monoisotopic (exact) mass is 816 g/mol. The highest BCUT2D eigenvalue weighted by Gasteiger charge is 2.63. The molecule has 6 aromatic rings. The molecule has 282 valence electrons. The van der Waals surface area contributed by atoms with Gasteiger partial charge in [-0.25, -0.2) is 0 Å². The van der Waals surface area contributed by atoms with Crippen molar-refractivity contribution in [2.24, 2.45) is 0 Å². The van der Waals surface area contributed by atoms with Gasteiger partial charge in [-0.05, 0) is 49.8 Å². The molecule has 0 aliphatic carbocycles. The Hall–Kier alpha value is -4.87. The number of benzene rings is 6. The topological polar surface area (TPSA) is 45.5 Å². The summed E-state index contributed by atoms with van der Waals surface area (Å²) in [6, 6.07) is 63.8. The highest BCUT2D eigenvalue weighted by atomic mass is 79.9. The van der Waals surface area contributed by atoms with Gasteiger partial charge in [0.05, 0.1) is 19.3 Å². The number of hydrogen-bond acceptors (Lipinski definition) is 4. The summed E-state index contributed by atoms with van der Waals surface area (Å²) in [6.45, 7) is 12.1. The molecule has 0 saturated carbocycles. The third-order valence-electron chi connectivity index (χ3n) is 11.5. The highest BCUT2D eigenvalue weighted by molar-refractivity contribution is 9.10. The number of likely N-dealkylation sites (tertiary alicyclic amines) is 1. The van der Waals surface area contributed by atoms with E-state index >= 15 is 0 Å². The number of rotatable bonds is 14. The lowest BCUT2D eigenvalue weighted by Crippen LogP contribution is -2.76. The molecule has 0 aromatic heterocycles. The summed E-state index contributed by atoms with van der Waals surface area (Å²) >= 11 is 3.66. The third-order valence-corrected chi connectivity index (χ3v) is 17.0. The maximum atomic E-state index is 11.6. The van der Waals surface area contributed by atoms with Crippen LogP contribution >= 0.6 is 15.9 Å². The Morgan fingerprint density at radius 3 is 1.52 bits per heavy atom. The first-order valence-electron chi connectivity index (χ1n) is 19.3. The van der Waals surface area contributed by atoms with Crippen LogP contribution in [0.1, 0.15) is 48.9 Å². The van der Waals surface area contributed by atoms with Crippen LogP contribution in [0.5, 0.6) is 0 Å². The molecule has 1 heterocycles. The zero-order valence-corrected chi connectivity index (χ0v) is 35.0. The maximum absolute atomic E-state index is 11.6. The van der Waals surface area contributed by atoms with E-state index in [1.54, 1.807) is 0 Å². The fraction of sp³-hybridized carbons (Fsp3) is 0.220. The first-order valence-corrected chi connectivity index (χ1v) is 22.0. The largest absolute Gasteiger partial charge is 0.404 e. The average molecular weight is 818 g/mol. The van der Waals surface area contributed by atoms with Crippen LogP contribution < -0.4 is 10.4 Å². The van der Waals surface area contributed by atoms with Crippen molar-refractivity contribution in [3.8, 4) is 6.07 Å². The van der Waals surface area contributed by atoms with E-state index in [2.05, 4.69) is 212 Å². The zero-order chi connectivity index (χ0) is 39.2. The van der Waals surface area contributed by atoms with Crippen molar-refractivity contribution in [1.29, 1.82) is 5.26 Å². The molecule has 6 heteroatoms. The van der Waals surface area contributed by atoms with E-state index < -0.39 is 19.5 Å². The summed E-state index contributed by atoms with van der Waals surface area (Å²) in [4.78, 5) is 2.27. The molecule has 4 nitrogen and oxygen atoms in total. The normalized spacial score (nSPS) is 18.8. The number of nitrogens with zero attached hydrogens (tertiary/aromatic N) is 2. The lowest BCUT2D eigenvalue weighted by Gasteiger charge is -2.61. The Morgan fingerprint density at radius 1 is 0.696 bits per heavy atom. The molecule has 3 atom stereocenters. The molecule has 0 bridgehead atoms. The molecule has 7 rings (SSSR count). The molecule has 1 aliphatic heterocycles. The third kappa shape index (κ3) is 7.04. The predicted octanol–water partition coefficient (Wildman–Crippen LogP) is 10.3. The molecular formula is C50H49BrN2O2Si. The fourth-order valence-electron chi connectivity index (χ4n) is 8.98. The summed E-state index contributed by atoms with van der Waals surface area (Å²) in [5, 5.41) is 13.7. The van der Waals surface area contributed by atoms with Crippen molar-refractivity contribution in [2.75, 3.05) is 19.8 Å². The van der Waals surface area contributed by atoms with E-state index in [0.29, 0.717) is 13.2 Å². The number of hydrogen-bond donors (Lipinski definition) is 0. The van der Waals surface area contributed by atoms with E-state index in [1.807, 2.05) is 24.3 Å². The van der Waals surface area contributed by atoms with Gasteiger partial charge in [0.1, 0.15) is 11.1 Å². The van der Waals surface area contributed by atoms with E-state index in [-0.39, 0.29) is 23.6 Å². The van der Waals surface area contributed by atoms with Crippen LogP contribution in [0.15, 0.2) is 193 Å². The van der Waals surface area contributed by atoms with Crippen molar-refractivity contribution in [3.05, 3.63) is 215 Å². The Bertz CT molecular complexity index is 2090. The Labute approximate surface area is 342 Å². The average Bonchev–Trinajstić information content (AvgIpc) is 3.24. The van der Waals surface area contributed by atoms with Crippen LogP contribution in [-0.2, 0) is 14.8 Å². The van der Waals surface area contributed by atoms with Gasteiger partial charge in [-0.15, -0.1) is 6.58 Å². The van der Waals surface area contributed by atoms with Crippen LogP contribution in [0.3, 0.4) is 0 Å². The van der Waals surface area contributed by atoms with Gasteiger partial charge in [-0.2, -0.15) is 5.26 Å². The van der Waals surface area contributed by atoms with Crippen molar-refractivity contribution >= 4 is 34.6 Å². The zero-order valence-electron chi connectivity index (χ0n) is 32.4. The van der Waals surface area contributed by atoms with E-state index in [0.717, 1.165) is 26.7 Å². The Morgan fingerprint density at radius 2 is 1.12 bits per heavy atom. The number of ether oxygens (including phenoxy) is 1. The first-order chi connectivity index (χ1) is 27.2. The maximum Gasteiger partial charge on any atom is 0.261 e. The molecule has 0 spiro atoms. The highest BCUT2D eigenvalue weighted by Crippen LogP contribution is 2.52. The van der Waals surface area contributed by atoms with Crippen molar-refractivity contribution in [2.45, 2.75) is 48.9 Å². The Kier molecular flexibility index (Phi) is 11.7. The summed E-state index contributed by atoms with van der Waals surface area (Å²) in [5.74, 6) is -0.237. The summed E-state index contributed by atoms with van der Waals surface area (Å²) < 4.78 is 16.1. The minimum Gasteiger partial charge on any atom is -0.404 e. The van der Waals surface area contributed by atoms with Gasteiger partial charge in [0.15, 0.2) is 0 Å². The van der Waals surface area contributed by atoms with E-state index in [4.69, 9.17) is 9.16 Å². The summed E-state index contributed by atoms with van der Waals surface area (Å²) in [6.07, 6.45) is 1.90. The van der Waals surface area contributed by atoms with E-state index in [9.17, 15) is 5.26 Å². The van der Waals surface area contributed by atoms with Crippen LogP contribution in [0.25, 0.3) is 0 Å². The standard InChI is InChI=1S/C50H49BrN2O2Si/c1-5-35-53-46(36-54-50(40-21-11-6-12-22-40,41-23-13-7-14-24-41)42-25-15-8-16-26-42)47(39-31-33-43(51)34-32-39)49(53,37-52)38-55-56(48(2,3)4,44-27-17-9-18-28-44)45-29-19-10-20-30-45/h5-34,46-47H,1,35-36,38H2,2-4H3/t46-,47+,49-/m0/s1. The minimum atomic E-state index is -2.99. The van der Waals surface area contributed by atoms with Crippen molar-refractivity contribution < 1.29 is 9.16 Å². The molecule has 0 radical (unpaired) electrons. The molecule has 1 fully saturated rings. The van der Waals surface area contributed by atoms with Crippen molar-refractivity contribution in [3.63, 3.8) is 0 Å². The molecule has 56 heavy (non-hydrogen) atoms. The van der Waals surface area contributed by atoms with Crippen LogP contribution in [-0.4, -0.2) is 44.6 Å². The molecule has 6 aromatic carbocycles. The summed E-state index contributed by atoms with van der Waals surface area (Å²) in [5.41, 5.74) is 2.25. The number of halogens is 1. The molecule has 0 unspecified atom stereocenters. The Balaban J connectivity index is 1.35. The number of nitriles is 1. The second kappa shape index (κ2) is 16.7. The van der Waals surface area contributed by atoms with Gasteiger partial charge in [-0.3, -0.25) is 4.90 Å².